The SMILES string of the molecule is CN(Cc1cccc(C(N)=O)c1)C(=O)c1ccc(NS(=O)(=O)c2ccc(F)cc2)cc1. The van der Waals surface area contributed by atoms with Gasteiger partial charge in [0.25, 0.3) is 15.9 Å². The number of hydrogen-bond acceptors (Lipinski definition) is 4. The molecule has 31 heavy (non-hydrogen) atoms. The predicted molar refractivity (Wildman–Crippen MR) is 114 cm³/mol. The topological polar surface area (TPSA) is 110 Å². The number of benzene rings is 3. The van der Waals surface area contributed by atoms with E-state index >= 15 is 0 Å². The first-order chi connectivity index (χ1) is 14.7. The quantitative estimate of drug-likeness (QED) is 0.587. The lowest BCUT2D eigenvalue weighted by Gasteiger charge is -2.18. The van der Waals surface area contributed by atoms with Gasteiger partial charge in [0.2, 0.25) is 5.91 Å². The number of amides is 2. The van der Waals surface area contributed by atoms with Crippen LogP contribution in [0, 0.1) is 5.82 Å². The van der Waals surface area contributed by atoms with Gasteiger partial charge in [-0.25, -0.2) is 12.8 Å². The molecule has 0 aromatic heterocycles. The molecule has 0 atom stereocenters. The lowest BCUT2D eigenvalue weighted by Crippen LogP contribution is -2.26. The zero-order valence-corrected chi connectivity index (χ0v) is 17.4. The largest absolute Gasteiger partial charge is 0.366 e. The zero-order valence-electron chi connectivity index (χ0n) is 16.6. The zero-order chi connectivity index (χ0) is 22.6. The van der Waals surface area contributed by atoms with Crippen LogP contribution in [0.5, 0.6) is 0 Å². The number of halogens is 1. The van der Waals surface area contributed by atoms with Gasteiger partial charge in [0.05, 0.1) is 4.90 Å². The standard InChI is InChI=1S/C22H20FN3O4S/c1-26(14-15-3-2-4-17(13-15)21(24)27)22(28)16-5-9-19(10-6-16)25-31(29,30)20-11-7-18(23)8-12-20/h2-13,25H,14H2,1H3,(H2,24,27). The normalized spacial score (nSPS) is 11.0. The summed E-state index contributed by atoms with van der Waals surface area (Å²) in [5, 5.41) is 0. The van der Waals surface area contributed by atoms with Crippen LogP contribution >= 0.6 is 0 Å². The monoisotopic (exact) mass is 441 g/mol. The van der Waals surface area contributed by atoms with E-state index in [-0.39, 0.29) is 23.0 Å². The van der Waals surface area contributed by atoms with E-state index in [4.69, 9.17) is 5.73 Å². The molecule has 2 amide bonds. The Hall–Kier alpha value is -3.72. The number of carbonyl (C=O) groups is 2. The summed E-state index contributed by atoms with van der Waals surface area (Å²) in [5.41, 5.74) is 7.01. The minimum absolute atomic E-state index is 0.0769. The Balaban J connectivity index is 1.69. The Morgan fingerprint density at radius 1 is 0.968 bits per heavy atom. The smallest absolute Gasteiger partial charge is 0.261 e. The van der Waals surface area contributed by atoms with Gasteiger partial charge in [0, 0.05) is 30.4 Å². The molecule has 0 unspecified atom stereocenters. The lowest BCUT2D eigenvalue weighted by atomic mass is 10.1. The molecule has 3 aromatic carbocycles. The highest BCUT2D eigenvalue weighted by molar-refractivity contribution is 7.92. The van der Waals surface area contributed by atoms with E-state index in [0.29, 0.717) is 11.1 Å². The molecule has 0 radical (unpaired) electrons. The highest BCUT2D eigenvalue weighted by Crippen LogP contribution is 2.18. The summed E-state index contributed by atoms with van der Waals surface area (Å²) in [4.78, 5) is 25.4. The van der Waals surface area contributed by atoms with Crippen molar-refractivity contribution in [3.05, 3.63) is 95.3 Å². The maximum atomic E-state index is 13.0. The number of primary amides is 1. The molecule has 0 aliphatic heterocycles. The molecule has 0 aliphatic rings. The van der Waals surface area contributed by atoms with Crippen molar-refractivity contribution in [1.82, 2.24) is 4.90 Å². The van der Waals surface area contributed by atoms with Gasteiger partial charge in [-0.15, -0.1) is 0 Å². The van der Waals surface area contributed by atoms with Gasteiger partial charge in [-0.3, -0.25) is 14.3 Å². The maximum absolute atomic E-state index is 13.0. The Kier molecular flexibility index (Phi) is 6.36. The number of sulfonamides is 1. The summed E-state index contributed by atoms with van der Waals surface area (Å²) in [6.07, 6.45) is 0. The van der Waals surface area contributed by atoms with Gasteiger partial charge in [-0.1, -0.05) is 12.1 Å². The van der Waals surface area contributed by atoms with E-state index in [1.54, 1.807) is 31.3 Å². The minimum atomic E-state index is -3.88. The number of nitrogens with one attached hydrogen (secondary N) is 1. The molecule has 160 valence electrons. The Labute approximate surface area is 179 Å². The van der Waals surface area contributed by atoms with E-state index < -0.39 is 21.7 Å². The van der Waals surface area contributed by atoms with Gasteiger partial charge in [0.1, 0.15) is 5.82 Å². The summed E-state index contributed by atoms with van der Waals surface area (Å²) in [5.74, 6) is -1.36. The Morgan fingerprint density at radius 3 is 2.23 bits per heavy atom. The van der Waals surface area contributed by atoms with E-state index in [2.05, 4.69) is 4.72 Å². The van der Waals surface area contributed by atoms with E-state index in [1.165, 1.54) is 29.2 Å². The molecule has 3 rings (SSSR count). The van der Waals surface area contributed by atoms with Crippen LogP contribution in [0.4, 0.5) is 10.1 Å². The van der Waals surface area contributed by atoms with Crippen molar-refractivity contribution in [2.45, 2.75) is 11.4 Å². The first-order valence-electron chi connectivity index (χ1n) is 9.18. The van der Waals surface area contributed by atoms with Crippen LogP contribution < -0.4 is 10.5 Å². The molecule has 9 heteroatoms. The lowest BCUT2D eigenvalue weighted by molar-refractivity contribution is 0.0785. The summed E-state index contributed by atoms with van der Waals surface area (Å²) in [7, 11) is -2.27. The third-order valence-corrected chi connectivity index (χ3v) is 5.88. The van der Waals surface area contributed by atoms with Crippen LogP contribution in [0.2, 0.25) is 0 Å². The summed E-state index contributed by atoms with van der Waals surface area (Å²) in [6, 6.07) is 17.1. The predicted octanol–water partition coefficient (Wildman–Crippen LogP) is 3.00. The van der Waals surface area contributed by atoms with Crippen molar-refractivity contribution in [2.24, 2.45) is 5.73 Å². The maximum Gasteiger partial charge on any atom is 0.261 e. The van der Waals surface area contributed by atoms with Crippen molar-refractivity contribution in [2.75, 3.05) is 11.8 Å². The second kappa shape index (κ2) is 8.97. The van der Waals surface area contributed by atoms with Crippen molar-refractivity contribution in [1.29, 1.82) is 0 Å². The average molecular weight is 441 g/mol. The molecular weight excluding hydrogens is 421 g/mol. The first-order valence-corrected chi connectivity index (χ1v) is 10.7. The number of anilines is 1. The van der Waals surface area contributed by atoms with Crippen LogP contribution in [0.3, 0.4) is 0 Å². The van der Waals surface area contributed by atoms with Gasteiger partial charge in [-0.2, -0.15) is 0 Å². The van der Waals surface area contributed by atoms with Gasteiger partial charge in [-0.05, 0) is 66.2 Å². The average Bonchev–Trinajstić information content (AvgIpc) is 2.74. The fourth-order valence-corrected chi connectivity index (χ4v) is 3.96. The molecule has 3 N–H and O–H groups in total. The first kappa shape index (κ1) is 22.0. The van der Waals surface area contributed by atoms with Crippen molar-refractivity contribution in [3.8, 4) is 0 Å². The van der Waals surface area contributed by atoms with Gasteiger partial charge >= 0.3 is 0 Å². The molecule has 7 nitrogen and oxygen atoms in total. The molecule has 0 saturated heterocycles. The highest BCUT2D eigenvalue weighted by Gasteiger charge is 2.16. The second-order valence-electron chi connectivity index (χ2n) is 6.86. The number of nitrogens with two attached hydrogens (primary N) is 1. The molecule has 0 bridgehead atoms. The van der Waals surface area contributed by atoms with Crippen molar-refractivity contribution >= 4 is 27.5 Å². The Morgan fingerprint density at radius 2 is 1.61 bits per heavy atom. The number of carbonyl (C=O) groups excluding carboxylic acids is 2. The second-order valence-corrected chi connectivity index (χ2v) is 8.55. The fraction of sp³-hybridized carbons (Fsp3) is 0.0909. The fourth-order valence-electron chi connectivity index (χ4n) is 2.90. The third-order valence-electron chi connectivity index (χ3n) is 4.49. The number of rotatable bonds is 7. The molecular formula is C22H20FN3O4S. The molecule has 3 aromatic rings. The molecule has 0 fully saturated rings. The minimum Gasteiger partial charge on any atom is -0.366 e. The van der Waals surface area contributed by atoms with E-state index in [0.717, 1.165) is 29.8 Å². The summed E-state index contributed by atoms with van der Waals surface area (Å²) >= 11 is 0. The summed E-state index contributed by atoms with van der Waals surface area (Å²) < 4.78 is 40.1. The Bertz CT molecular complexity index is 1210. The van der Waals surface area contributed by atoms with Crippen molar-refractivity contribution < 1.29 is 22.4 Å². The molecule has 0 aliphatic carbocycles. The van der Waals surface area contributed by atoms with Gasteiger partial charge in [0.15, 0.2) is 0 Å². The van der Waals surface area contributed by atoms with Gasteiger partial charge < -0.3 is 10.6 Å². The van der Waals surface area contributed by atoms with Crippen LogP contribution in [0.25, 0.3) is 0 Å². The number of hydrogen-bond donors (Lipinski definition) is 2. The van der Waals surface area contributed by atoms with Crippen molar-refractivity contribution in [3.63, 3.8) is 0 Å². The number of nitrogens with zero attached hydrogens (tertiary/aromatic N) is 1. The van der Waals surface area contributed by atoms with E-state index in [9.17, 15) is 22.4 Å². The highest BCUT2D eigenvalue weighted by atomic mass is 32.2. The molecule has 0 spiro atoms. The summed E-state index contributed by atoms with van der Waals surface area (Å²) in [6.45, 7) is 0.263. The van der Waals surface area contributed by atoms with Crippen LogP contribution in [0.1, 0.15) is 26.3 Å². The van der Waals surface area contributed by atoms with Crippen LogP contribution in [0.15, 0.2) is 77.7 Å². The van der Waals surface area contributed by atoms with Crippen LogP contribution in [-0.4, -0.2) is 32.2 Å². The molecule has 0 heterocycles. The molecule has 0 saturated carbocycles. The third kappa shape index (κ3) is 5.46. The van der Waals surface area contributed by atoms with Crippen LogP contribution in [-0.2, 0) is 16.6 Å². The van der Waals surface area contributed by atoms with E-state index in [1.807, 2.05) is 0 Å².